The Morgan fingerprint density at radius 2 is 1.52 bits per heavy atom. The predicted octanol–water partition coefficient (Wildman–Crippen LogP) is 2.32. The number of aliphatic carboxylic acids is 1. The van der Waals surface area contributed by atoms with Crippen molar-refractivity contribution >= 4 is 17.9 Å². The Labute approximate surface area is 125 Å². The Kier molecular flexibility index (Phi) is 8.35. The molecule has 3 atom stereocenters. The molecule has 0 saturated carbocycles. The number of esters is 2. The molecule has 3 unspecified atom stereocenters. The van der Waals surface area contributed by atoms with E-state index in [1.807, 2.05) is 13.8 Å². The summed E-state index contributed by atoms with van der Waals surface area (Å²) in [6.45, 7) is 10.5. The van der Waals surface area contributed by atoms with Gasteiger partial charge in [-0.2, -0.15) is 0 Å². The molecule has 0 aromatic rings. The fraction of sp³-hybridized carbons (Fsp3) is 0.667. The molecule has 0 heterocycles. The molecule has 0 radical (unpaired) electrons. The Morgan fingerprint density at radius 1 is 1.05 bits per heavy atom. The minimum absolute atomic E-state index is 0.246. The Hall–Kier alpha value is -1.85. The molecule has 0 aromatic heterocycles. The molecule has 0 bridgehead atoms. The third-order valence-corrected chi connectivity index (χ3v) is 3.14. The molecule has 21 heavy (non-hydrogen) atoms. The smallest absolute Gasteiger partial charge is 0.334 e. The second kappa shape index (κ2) is 9.15. The van der Waals surface area contributed by atoms with Gasteiger partial charge in [0.05, 0.1) is 24.5 Å². The highest BCUT2D eigenvalue weighted by Crippen LogP contribution is 2.18. The van der Waals surface area contributed by atoms with Gasteiger partial charge in [0, 0.05) is 5.57 Å². The van der Waals surface area contributed by atoms with Gasteiger partial charge in [0.15, 0.2) is 0 Å². The zero-order valence-corrected chi connectivity index (χ0v) is 13.0. The lowest BCUT2D eigenvalue weighted by Gasteiger charge is -2.17. The maximum absolute atomic E-state index is 11.8. The summed E-state index contributed by atoms with van der Waals surface area (Å²) in [6.07, 6.45) is 0.157. The summed E-state index contributed by atoms with van der Waals surface area (Å²) in [7, 11) is 0. The van der Waals surface area contributed by atoms with Crippen LogP contribution in [0.1, 0.15) is 47.0 Å². The zero-order valence-electron chi connectivity index (χ0n) is 13.0. The summed E-state index contributed by atoms with van der Waals surface area (Å²) in [5.74, 6) is -4.11. The van der Waals surface area contributed by atoms with Crippen LogP contribution in [0.25, 0.3) is 0 Å². The number of carboxylic acid groups (broad SMARTS) is 1. The molecule has 0 saturated heterocycles. The highest BCUT2D eigenvalue weighted by molar-refractivity contribution is 5.96. The van der Waals surface area contributed by atoms with E-state index < -0.39 is 30.2 Å². The normalized spacial score (nSPS) is 14.7. The Balaban J connectivity index is 4.75. The van der Waals surface area contributed by atoms with Crippen molar-refractivity contribution in [1.29, 1.82) is 0 Å². The molecule has 1 N–H and O–H groups in total. The highest BCUT2D eigenvalue weighted by Gasteiger charge is 2.30. The van der Waals surface area contributed by atoms with E-state index >= 15 is 0 Å². The van der Waals surface area contributed by atoms with Gasteiger partial charge in [-0.1, -0.05) is 20.4 Å². The molecule has 6 nitrogen and oxygen atoms in total. The van der Waals surface area contributed by atoms with Crippen LogP contribution in [0.2, 0.25) is 0 Å². The summed E-state index contributed by atoms with van der Waals surface area (Å²) in [4.78, 5) is 34.6. The van der Waals surface area contributed by atoms with Crippen LogP contribution in [0.5, 0.6) is 0 Å². The number of hydrogen-bond donors (Lipinski definition) is 1. The van der Waals surface area contributed by atoms with Gasteiger partial charge in [-0.05, 0) is 26.7 Å². The monoisotopic (exact) mass is 300 g/mol. The summed E-state index contributed by atoms with van der Waals surface area (Å²) in [5, 5.41) is 9.15. The number of carboxylic acids is 1. The molecule has 0 amide bonds. The van der Waals surface area contributed by atoms with Crippen LogP contribution in [-0.4, -0.2) is 35.2 Å². The maximum Gasteiger partial charge on any atom is 0.334 e. The first kappa shape index (κ1) is 19.1. The van der Waals surface area contributed by atoms with Crippen LogP contribution < -0.4 is 0 Å². The van der Waals surface area contributed by atoms with E-state index in [0.717, 1.165) is 0 Å². The maximum atomic E-state index is 11.8. The summed E-state index contributed by atoms with van der Waals surface area (Å²) in [6, 6.07) is 0. The van der Waals surface area contributed by atoms with E-state index in [1.54, 1.807) is 13.8 Å². The first-order valence-electron chi connectivity index (χ1n) is 7.04. The lowest BCUT2D eigenvalue weighted by atomic mass is 9.97. The molecule has 6 heteroatoms. The Bertz CT molecular complexity index is 401. The number of rotatable bonds is 9. The quantitative estimate of drug-likeness (QED) is 0.519. The number of carbonyl (C=O) groups is 3. The van der Waals surface area contributed by atoms with Gasteiger partial charge in [-0.3, -0.25) is 9.59 Å². The molecule has 0 aliphatic rings. The molecule has 0 rings (SSSR count). The predicted molar refractivity (Wildman–Crippen MR) is 76.6 cm³/mol. The van der Waals surface area contributed by atoms with Crippen LogP contribution in [-0.2, 0) is 23.9 Å². The van der Waals surface area contributed by atoms with Crippen molar-refractivity contribution in [3.63, 3.8) is 0 Å². The van der Waals surface area contributed by atoms with Crippen molar-refractivity contribution in [2.24, 2.45) is 5.92 Å². The Morgan fingerprint density at radius 3 is 1.95 bits per heavy atom. The van der Waals surface area contributed by atoms with E-state index in [9.17, 15) is 14.4 Å². The van der Waals surface area contributed by atoms with Gasteiger partial charge in [0.25, 0.3) is 0 Å². The molecule has 0 fully saturated rings. The zero-order chi connectivity index (χ0) is 16.6. The van der Waals surface area contributed by atoms with Gasteiger partial charge >= 0.3 is 17.9 Å². The van der Waals surface area contributed by atoms with Crippen molar-refractivity contribution in [3.05, 3.63) is 12.2 Å². The van der Waals surface area contributed by atoms with Crippen molar-refractivity contribution in [3.8, 4) is 0 Å². The summed E-state index contributed by atoms with van der Waals surface area (Å²) < 4.78 is 10.0. The third kappa shape index (κ3) is 6.92. The minimum atomic E-state index is -1.34. The van der Waals surface area contributed by atoms with Crippen molar-refractivity contribution in [1.82, 2.24) is 0 Å². The van der Waals surface area contributed by atoms with Crippen LogP contribution in [0, 0.1) is 5.92 Å². The van der Waals surface area contributed by atoms with Crippen LogP contribution in [0.3, 0.4) is 0 Å². The van der Waals surface area contributed by atoms with Gasteiger partial charge in [-0.15, -0.1) is 0 Å². The van der Waals surface area contributed by atoms with Gasteiger partial charge in [0.1, 0.15) is 0 Å². The van der Waals surface area contributed by atoms with Gasteiger partial charge < -0.3 is 14.6 Å². The SMILES string of the molecule is C=C(C(=O)OC(C)CC)C(CC(=O)OC(C)CC)C(=O)O. The van der Waals surface area contributed by atoms with Crippen molar-refractivity contribution < 1.29 is 29.0 Å². The lowest BCUT2D eigenvalue weighted by Crippen LogP contribution is -2.28. The second-order valence-corrected chi connectivity index (χ2v) is 4.95. The summed E-state index contributed by atoms with van der Waals surface area (Å²) >= 11 is 0. The molecule has 0 aliphatic heterocycles. The van der Waals surface area contributed by atoms with E-state index in [2.05, 4.69) is 6.58 Å². The molecular weight excluding hydrogens is 276 g/mol. The van der Waals surface area contributed by atoms with Gasteiger partial charge in [-0.25, -0.2) is 4.79 Å². The molecule has 0 spiro atoms. The molecule has 0 aliphatic carbocycles. The van der Waals surface area contributed by atoms with Crippen LogP contribution in [0.4, 0.5) is 0 Å². The van der Waals surface area contributed by atoms with E-state index in [-0.39, 0.29) is 17.8 Å². The van der Waals surface area contributed by atoms with Gasteiger partial charge in [0.2, 0.25) is 0 Å². The largest absolute Gasteiger partial charge is 0.481 e. The van der Waals surface area contributed by atoms with Crippen LogP contribution >= 0.6 is 0 Å². The average molecular weight is 300 g/mol. The average Bonchev–Trinajstić information content (AvgIpc) is 2.43. The first-order chi connectivity index (χ1) is 9.72. The van der Waals surface area contributed by atoms with E-state index in [1.165, 1.54) is 0 Å². The van der Waals surface area contributed by atoms with E-state index in [0.29, 0.717) is 12.8 Å². The minimum Gasteiger partial charge on any atom is -0.481 e. The van der Waals surface area contributed by atoms with E-state index in [4.69, 9.17) is 14.6 Å². The standard InChI is InChI=1S/C15H24O6/c1-6-9(3)20-13(16)8-12(14(17)18)11(5)15(19)21-10(4)7-2/h9-10,12H,5-8H2,1-4H3,(H,17,18). The highest BCUT2D eigenvalue weighted by atomic mass is 16.5. The summed E-state index contributed by atoms with van der Waals surface area (Å²) in [5.41, 5.74) is -0.246. The van der Waals surface area contributed by atoms with Crippen molar-refractivity contribution in [2.75, 3.05) is 0 Å². The number of hydrogen-bond acceptors (Lipinski definition) is 5. The second-order valence-electron chi connectivity index (χ2n) is 4.95. The number of carbonyl (C=O) groups excluding carboxylic acids is 2. The van der Waals surface area contributed by atoms with Crippen molar-refractivity contribution in [2.45, 2.75) is 59.2 Å². The molecular formula is C15H24O6. The fourth-order valence-electron chi connectivity index (χ4n) is 1.37. The lowest BCUT2D eigenvalue weighted by molar-refractivity contribution is -0.155. The number of ether oxygens (including phenoxy) is 2. The molecule has 0 aromatic carbocycles. The molecule has 120 valence electrons. The van der Waals surface area contributed by atoms with Crippen LogP contribution in [0.15, 0.2) is 12.2 Å². The first-order valence-corrected chi connectivity index (χ1v) is 7.04. The third-order valence-electron chi connectivity index (χ3n) is 3.14. The topological polar surface area (TPSA) is 89.9 Å². The fourth-order valence-corrected chi connectivity index (χ4v) is 1.37.